The summed E-state index contributed by atoms with van der Waals surface area (Å²) in [7, 11) is 0. The Kier molecular flexibility index (Phi) is 5.62. The van der Waals surface area contributed by atoms with Crippen LogP contribution in [-0.4, -0.2) is 39.3 Å². The van der Waals surface area contributed by atoms with Crippen LogP contribution in [0.3, 0.4) is 0 Å². The molecule has 0 radical (unpaired) electrons. The summed E-state index contributed by atoms with van der Waals surface area (Å²) in [5.74, 6) is -0.876. The predicted octanol–water partition coefficient (Wildman–Crippen LogP) is 0.894. The van der Waals surface area contributed by atoms with Gasteiger partial charge in [-0.05, 0) is 13.3 Å². The molecule has 0 aromatic carbocycles. The number of hydrogen-bond acceptors (Lipinski definition) is 4. The van der Waals surface area contributed by atoms with Gasteiger partial charge in [-0.2, -0.15) is 0 Å². The molecule has 1 aromatic rings. The van der Waals surface area contributed by atoms with Gasteiger partial charge in [0, 0.05) is 6.61 Å². The van der Waals surface area contributed by atoms with Crippen molar-refractivity contribution < 1.29 is 14.6 Å². The molecule has 0 aliphatic heterocycles. The quantitative estimate of drug-likeness (QED) is 0.684. The molecule has 6 heteroatoms. The van der Waals surface area contributed by atoms with Crippen molar-refractivity contribution in [3.8, 4) is 0 Å². The maximum Gasteiger partial charge on any atom is 0.309 e. The summed E-state index contributed by atoms with van der Waals surface area (Å²) in [6.07, 6.45) is 1.67. The van der Waals surface area contributed by atoms with E-state index in [0.29, 0.717) is 25.5 Å². The van der Waals surface area contributed by atoms with Crippen molar-refractivity contribution in [1.29, 1.82) is 0 Å². The van der Waals surface area contributed by atoms with E-state index < -0.39 is 5.97 Å². The van der Waals surface area contributed by atoms with Gasteiger partial charge in [0.15, 0.2) is 0 Å². The lowest BCUT2D eigenvalue weighted by atomic mass is 10.1. The molecule has 0 aliphatic rings. The second-order valence-corrected chi connectivity index (χ2v) is 3.72. The maximum absolute atomic E-state index is 10.7. The van der Waals surface area contributed by atoms with Gasteiger partial charge in [-0.3, -0.25) is 4.79 Å². The Hall–Kier alpha value is -1.43. The molecule has 0 amide bonds. The van der Waals surface area contributed by atoms with Crippen molar-refractivity contribution in [3.05, 3.63) is 11.4 Å². The van der Waals surface area contributed by atoms with Crippen molar-refractivity contribution >= 4 is 5.97 Å². The van der Waals surface area contributed by atoms with Crippen LogP contribution in [0.1, 0.15) is 31.7 Å². The first-order valence-electron chi connectivity index (χ1n) is 5.89. The third-order valence-corrected chi connectivity index (χ3v) is 2.38. The first-order chi connectivity index (χ1) is 8.19. The molecule has 1 rings (SSSR count). The molecule has 1 heterocycles. The Morgan fingerprint density at radius 3 is 2.82 bits per heavy atom. The molecule has 1 aromatic heterocycles. The van der Waals surface area contributed by atoms with Crippen LogP contribution in [0, 0.1) is 0 Å². The van der Waals surface area contributed by atoms with Crippen LogP contribution < -0.4 is 0 Å². The number of nitrogens with zero attached hydrogens (tertiary/aromatic N) is 3. The first-order valence-corrected chi connectivity index (χ1v) is 5.89. The van der Waals surface area contributed by atoms with Gasteiger partial charge in [-0.15, -0.1) is 5.10 Å². The number of carbonyl (C=O) groups is 1. The van der Waals surface area contributed by atoms with Crippen molar-refractivity contribution in [2.45, 2.75) is 39.7 Å². The minimum absolute atomic E-state index is 0.0655. The molecular formula is C11H19N3O3. The highest BCUT2D eigenvalue weighted by atomic mass is 16.5. The second-order valence-electron chi connectivity index (χ2n) is 3.72. The normalized spacial score (nSPS) is 10.7. The first kappa shape index (κ1) is 13.6. The maximum atomic E-state index is 10.7. The van der Waals surface area contributed by atoms with E-state index in [2.05, 4.69) is 10.3 Å². The van der Waals surface area contributed by atoms with Crippen LogP contribution in [0.25, 0.3) is 0 Å². The van der Waals surface area contributed by atoms with Gasteiger partial charge < -0.3 is 9.84 Å². The molecule has 96 valence electrons. The van der Waals surface area contributed by atoms with Crippen LogP contribution in [0.2, 0.25) is 0 Å². The van der Waals surface area contributed by atoms with Crippen LogP contribution in [-0.2, 0) is 28.9 Å². The average molecular weight is 241 g/mol. The number of hydrogen-bond donors (Lipinski definition) is 1. The highest BCUT2D eigenvalue weighted by Gasteiger charge is 2.14. The van der Waals surface area contributed by atoms with E-state index in [-0.39, 0.29) is 6.42 Å². The third kappa shape index (κ3) is 4.14. The number of aliphatic carboxylic acids is 1. The molecule has 0 aliphatic carbocycles. The van der Waals surface area contributed by atoms with Gasteiger partial charge >= 0.3 is 5.97 Å². The summed E-state index contributed by atoms with van der Waals surface area (Å²) in [5.41, 5.74) is 1.48. The predicted molar refractivity (Wildman–Crippen MR) is 61.8 cm³/mol. The SMILES string of the molecule is CCCc1c(CC(=O)O)nnn1CCOCC. The average Bonchev–Trinajstić information content (AvgIpc) is 2.62. The summed E-state index contributed by atoms with van der Waals surface area (Å²) in [5, 5.41) is 16.7. The number of carboxylic acids is 1. The van der Waals surface area contributed by atoms with E-state index in [4.69, 9.17) is 9.84 Å². The fourth-order valence-corrected chi connectivity index (χ4v) is 1.63. The van der Waals surface area contributed by atoms with E-state index in [1.807, 2.05) is 13.8 Å². The van der Waals surface area contributed by atoms with Crippen LogP contribution >= 0.6 is 0 Å². The van der Waals surface area contributed by atoms with Gasteiger partial charge in [-0.25, -0.2) is 4.68 Å². The zero-order valence-corrected chi connectivity index (χ0v) is 10.3. The van der Waals surface area contributed by atoms with Crippen molar-refractivity contribution in [2.24, 2.45) is 0 Å². The molecule has 0 atom stereocenters. The van der Waals surface area contributed by atoms with E-state index in [0.717, 1.165) is 18.5 Å². The standard InChI is InChI=1S/C11H19N3O3/c1-3-5-10-9(8-11(15)16)12-13-14(10)6-7-17-4-2/h3-8H2,1-2H3,(H,15,16). The van der Waals surface area contributed by atoms with Crippen molar-refractivity contribution in [3.63, 3.8) is 0 Å². The topological polar surface area (TPSA) is 77.2 Å². The largest absolute Gasteiger partial charge is 0.481 e. The molecule has 0 fully saturated rings. The summed E-state index contributed by atoms with van der Waals surface area (Å²) >= 11 is 0. The zero-order valence-electron chi connectivity index (χ0n) is 10.3. The molecule has 1 N–H and O–H groups in total. The Balaban J connectivity index is 2.74. The minimum atomic E-state index is -0.876. The monoisotopic (exact) mass is 241 g/mol. The molecule has 17 heavy (non-hydrogen) atoms. The highest BCUT2D eigenvalue weighted by Crippen LogP contribution is 2.09. The Morgan fingerprint density at radius 1 is 1.47 bits per heavy atom. The lowest BCUT2D eigenvalue weighted by Gasteiger charge is -2.06. The van der Waals surface area contributed by atoms with E-state index >= 15 is 0 Å². The zero-order chi connectivity index (χ0) is 12.7. The van der Waals surface area contributed by atoms with Gasteiger partial charge in [0.2, 0.25) is 0 Å². The molecule has 0 bridgehead atoms. The lowest BCUT2D eigenvalue weighted by molar-refractivity contribution is -0.136. The number of aromatic nitrogens is 3. The fourth-order valence-electron chi connectivity index (χ4n) is 1.63. The molecular weight excluding hydrogens is 222 g/mol. The van der Waals surface area contributed by atoms with E-state index in [1.165, 1.54) is 0 Å². The van der Waals surface area contributed by atoms with Gasteiger partial charge in [0.25, 0.3) is 0 Å². The van der Waals surface area contributed by atoms with Crippen molar-refractivity contribution in [1.82, 2.24) is 15.0 Å². The van der Waals surface area contributed by atoms with Crippen LogP contribution in [0.5, 0.6) is 0 Å². The number of carboxylic acid groups (broad SMARTS) is 1. The minimum Gasteiger partial charge on any atom is -0.481 e. The summed E-state index contributed by atoms with van der Waals surface area (Å²) in [4.78, 5) is 10.7. The molecule has 0 spiro atoms. The Bertz CT molecular complexity index is 363. The van der Waals surface area contributed by atoms with Crippen molar-refractivity contribution in [2.75, 3.05) is 13.2 Å². The highest BCUT2D eigenvalue weighted by molar-refractivity contribution is 5.69. The molecule has 0 saturated heterocycles. The Labute approximate surface area is 101 Å². The lowest BCUT2D eigenvalue weighted by Crippen LogP contribution is -2.12. The molecule has 0 saturated carbocycles. The third-order valence-electron chi connectivity index (χ3n) is 2.38. The van der Waals surface area contributed by atoms with Crippen LogP contribution in [0.15, 0.2) is 0 Å². The summed E-state index contributed by atoms with van der Waals surface area (Å²) in [6, 6.07) is 0. The second kappa shape index (κ2) is 7.01. The van der Waals surface area contributed by atoms with E-state index in [9.17, 15) is 4.79 Å². The number of ether oxygens (including phenoxy) is 1. The smallest absolute Gasteiger partial charge is 0.309 e. The number of rotatable bonds is 8. The summed E-state index contributed by atoms with van der Waals surface area (Å²) in [6.45, 7) is 5.84. The summed E-state index contributed by atoms with van der Waals surface area (Å²) < 4.78 is 7.00. The molecule has 6 nitrogen and oxygen atoms in total. The van der Waals surface area contributed by atoms with Gasteiger partial charge in [-0.1, -0.05) is 18.6 Å². The van der Waals surface area contributed by atoms with E-state index in [1.54, 1.807) is 4.68 Å². The fraction of sp³-hybridized carbons (Fsp3) is 0.727. The molecule has 0 unspecified atom stereocenters. The van der Waals surface area contributed by atoms with Gasteiger partial charge in [0.05, 0.1) is 31.0 Å². The van der Waals surface area contributed by atoms with Gasteiger partial charge in [0.1, 0.15) is 0 Å². The van der Waals surface area contributed by atoms with Crippen LogP contribution in [0.4, 0.5) is 0 Å². The Morgan fingerprint density at radius 2 is 2.24 bits per heavy atom.